The van der Waals surface area contributed by atoms with E-state index in [2.05, 4.69) is 57.2 Å². The molecule has 1 atom stereocenters. The van der Waals surface area contributed by atoms with E-state index < -0.39 is 6.10 Å². The van der Waals surface area contributed by atoms with Crippen molar-refractivity contribution < 1.29 is 28.6 Å². The Hall–Kier alpha value is -2.37. The van der Waals surface area contributed by atoms with Crippen molar-refractivity contribution in [3.8, 4) is 0 Å². The van der Waals surface area contributed by atoms with Gasteiger partial charge < -0.3 is 14.2 Å². The molecule has 0 aliphatic heterocycles. The van der Waals surface area contributed by atoms with Crippen LogP contribution in [0.15, 0.2) is 36.5 Å². The van der Waals surface area contributed by atoms with E-state index in [1.165, 1.54) is 244 Å². The summed E-state index contributed by atoms with van der Waals surface area (Å²) < 4.78 is 16.8. The van der Waals surface area contributed by atoms with Gasteiger partial charge in [-0.05, 0) is 89.9 Å². The Morgan fingerprint density at radius 1 is 0.257 bits per heavy atom. The Kier molecular flexibility index (Phi) is 61.1. The van der Waals surface area contributed by atoms with Crippen LogP contribution in [0.4, 0.5) is 0 Å². The molecule has 0 amide bonds. The van der Waals surface area contributed by atoms with Crippen molar-refractivity contribution in [3.05, 3.63) is 36.5 Å². The molecule has 0 rings (SSSR count). The van der Waals surface area contributed by atoms with E-state index in [0.717, 1.165) is 77.0 Å². The molecule has 0 bridgehead atoms. The number of carbonyl (C=O) groups is 3. The van der Waals surface area contributed by atoms with Crippen LogP contribution >= 0.6 is 0 Å². The molecule has 0 aliphatic carbocycles. The summed E-state index contributed by atoms with van der Waals surface area (Å²) in [6.45, 7) is 6.59. The van der Waals surface area contributed by atoms with E-state index >= 15 is 0 Å². The summed E-state index contributed by atoms with van der Waals surface area (Å²) in [4.78, 5) is 38.1. The van der Waals surface area contributed by atoms with Gasteiger partial charge in [0.1, 0.15) is 13.2 Å². The Morgan fingerprint density at radius 2 is 0.473 bits per heavy atom. The zero-order valence-electron chi connectivity index (χ0n) is 49.9. The van der Waals surface area contributed by atoms with Crippen molar-refractivity contribution in [2.75, 3.05) is 13.2 Å². The Balaban J connectivity index is 3.99. The number of esters is 3. The molecule has 0 spiro atoms. The quantitative estimate of drug-likeness (QED) is 0.0261. The fourth-order valence-corrected chi connectivity index (χ4v) is 9.85. The third-order valence-electron chi connectivity index (χ3n) is 14.8. The largest absolute Gasteiger partial charge is 0.462 e. The predicted octanol–water partition coefficient (Wildman–Crippen LogP) is 22.4. The number of ether oxygens (including phenoxy) is 3. The molecule has 0 saturated heterocycles. The average Bonchev–Trinajstić information content (AvgIpc) is 3.40. The van der Waals surface area contributed by atoms with Crippen LogP contribution in [0, 0.1) is 0 Å². The SMILES string of the molecule is CCC/C=C\CCCCCCCC(=O)OCC(COC(=O)CCCCCCCCCCCCCCCCCCCCCCC/C=C\CCCCCCCCCC)OC(=O)CCCCCCC/C=C\CCCCCC. The molecule has 0 aromatic heterocycles. The summed E-state index contributed by atoms with van der Waals surface area (Å²) in [7, 11) is 0. The smallest absolute Gasteiger partial charge is 0.306 e. The van der Waals surface area contributed by atoms with Gasteiger partial charge in [0, 0.05) is 19.3 Å². The number of hydrogen-bond donors (Lipinski definition) is 0. The highest BCUT2D eigenvalue weighted by Crippen LogP contribution is 2.18. The number of hydrogen-bond acceptors (Lipinski definition) is 6. The first-order valence-electron chi connectivity index (χ1n) is 33.0. The first kappa shape index (κ1) is 71.6. The first-order chi connectivity index (χ1) is 36.5. The van der Waals surface area contributed by atoms with Crippen molar-refractivity contribution in [2.24, 2.45) is 0 Å². The van der Waals surface area contributed by atoms with E-state index in [-0.39, 0.29) is 31.1 Å². The average molecular weight is 1040 g/mol. The molecule has 1 unspecified atom stereocenters. The highest BCUT2D eigenvalue weighted by molar-refractivity contribution is 5.71. The van der Waals surface area contributed by atoms with Gasteiger partial charge in [0.05, 0.1) is 0 Å². The third kappa shape index (κ3) is 60.5. The van der Waals surface area contributed by atoms with E-state index in [1.807, 2.05) is 0 Å². The molecule has 0 radical (unpaired) electrons. The molecule has 6 nitrogen and oxygen atoms in total. The van der Waals surface area contributed by atoms with Crippen molar-refractivity contribution in [3.63, 3.8) is 0 Å². The zero-order chi connectivity index (χ0) is 53.6. The molecule has 0 saturated carbocycles. The van der Waals surface area contributed by atoms with Crippen LogP contribution in [-0.2, 0) is 28.6 Å². The lowest BCUT2D eigenvalue weighted by atomic mass is 10.0. The molecule has 0 N–H and O–H groups in total. The van der Waals surface area contributed by atoms with Gasteiger partial charge in [-0.3, -0.25) is 14.4 Å². The Labute approximate surface area is 461 Å². The lowest BCUT2D eigenvalue weighted by Crippen LogP contribution is -2.30. The second kappa shape index (κ2) is 63.2. The summed E-state index contributed by atoms with van der Waals surface area (Å²) in [5, 5.41) is 0. The van der Waals surface area contributed by atoms with Crippen LogP contribution in [0.25, 0.3) is 0 Å². The van der Waals surface area contributed by atoms with Gasteiger partial charge in [-0.15, -0.1) is 0 Å². The van der Waals surface area contributed by atoms with Crippen molar-refractivity contribution in [1.82, 2.24) is 0 Å². The Morgan fingerprint density at radius 3 is 0.743 bits per heavy atom. The maximum Gasteiger partial charge on any atom is 0.306 e. The van der Waals surface area contributed by atoms with Gasteiger partial charge in [0.15, 0.2) is 6.10 Å². The molecular formula is C68H126O6. The maximum atomic E-state index is 12.8. The highest BCUT2D eigenvalue weighted by atomic mass is 16.6. The van der Waals surface area contributed by atoms with Crippen LogP contribution in [0.2, 0.25) is 0 Å². The highest BCUT2D eigenvalue weighted by Gasteiger charge is 2.19. The van der Waals surface area contributed by atoms with Gasteiger partial charge in [0.2, 0.25) is 0 Å². The minimum Gasteiger partial charge on any atom is -0.462 e. The number of unbranched alkanes of at least 4 members (excludes halogenated alkanes) is 44. The minimum atomic E-state index is -0.776. The predicted molar refractivity (Wildman–Crippen MR) is 321 cm³/mol. The lowest BCUT2D eigenvalue weighted by molar-refractivity contribution is -0.167. The number of rotatable bonds is 61. The second-order valence-electron chi connectivity index (χ2n) is 22.4. The van der Waals surface area contributed by atoms with Gasteiger partial charge >= 0.3 is 17.9 Å². The Bertz CT molecular complexity index is 1240. The van der Waals surface area contributed by atoms with Crippen molar-refractivity contribution in [1.29, 1.82) is 0 Å². The van der Waals surface area contributed by atoms with Crippen molar-refractivity contribution in [2.45, 2.75) is 367 Å². The second-order valence-corrected chi connectivity index (χ2v) is 22.4. The summed E-state index contributed by atoms with van der Waals surface area (Å²) in [5.41, 5.74) is 0. The molecule has 0 aromatic carbocycles. The summed E-state index contributed by atoms with van der Waals surface area (Å²) >= 11 is 0. The van der Waals surface area contributed by atoms with Crippen LogP contribution < -0.4 is 0 Å². The summed E-state index contributed by atoms with van der Waals surface area (Å²) in [5.74, 6) is -0.877. The normalized spacial score (nSPS) is 12.2. The summed E-state index contributed by atoms with van der Waals surface area (Å²) in [6, 6.07) is 0. The van der Waals surface area contributed by atoms with E-state index in [0.29, 0.717) is 19.3 Å². The molecule has 0 aromatic rings. The maximum absolute atomic E-state index is 12.8. The van der Waals surface area contributed by atoms with E-state index in [9.17, 15) is 14.4 Å². The van der Waals surface area contributed by atoms with Gasteiger partial charge in [-0.2, -0.15) is 0 Å². The van der Waals surface area contributed by atoms with Crippen LogP contribution in [0.1, 0.15) is 361 Å². The van der Waals surface area contributed by atoms with Crippen molar-refractivity contribution >= 4 is 17.9 Å². The van der Waals surface area contributed by atoms with Crippen LogP contribution in [0.3, 0.4) is 0 Å². The molecule has 74 heavy (non-hydrogen) atoms. The summed E-state index contributed by atoms with van der Waals surface area (Å²) in [6.07, 6.45) is 77.7. The topological polar surface area (TPSA) is 78.9 Å². The van der Waals surface area contributed by atoms with E-state index in [4.69, 9.17) is 14.2 Å². The van der Waals surface area contributed by atoms with Gasteiger partial charge in [-0.1, -0.05) is 288 Å². The lowest BCUT2D eigenvalue weighted by Gasteiger charge is -2.18. The molecule has 6 heteroatoms. The monoisotopic (exact) mass is 1040 g/mol. The fraction of sp³-hybridized carbons (Fsp3) is 0.868. The molecule has 0 aliphatic rings. The first-order valence-corrected chi connectivity index (χ1v) is 33.0. The molecule has 434 valence electrons. The zero-order valence-corrected chi connectivity index (χ0v) is 49.9. The molecule has 0 fully saturated rings. The van der Waals surface area contributed by atoms with Gasteiger partial charge in [0.25, 0.3) is 0 Å². The third-order valence-corrected chi connectivity index (χ3v) is 14.8. The molecule has 0 heterocycles. The fourth-order valence-electron chi connectivity index (χ4n) is 9.85. The number of allylic oxidation sites excluding steroid dienone is 6. The standard InChI is InChI=1S/C68H126O6/c1-4-7-10-13-16-19-22-24-25-26-27-28-29-30-31-32-33-34-35-36-37-38-39-40-41-42-43-45-46-49-52-55-58-61-67(70)73-64-65(63-72-66(69)60-57-54-51-48-21-18-15-12-9-6-3)74-68(71)62-59-56-53-50-47-44-23-20-17-14-11-8-5-2/h12,15,20,23,26-27,65H,4-11,13-14,16-19,21-22,24-25,28-64H2,1-3H3/b15-12-,23-20-,27-26-. The molecular weight excluding hydrogens is 913 g/mol. The van der Waals surface area contributed by atoms with Gasteiger partial charge in [-0.25, -0.2) is 0 Å². The number of carbonyl (C=O) groups excluding carboxylic acids is 3. The van der Waals surface area contributed by atoms with E-state index in [1.54, 1.807) is 0 Å². The minimum absolute atomic E-state index is 0.0744. The van der Waals surface area contributed by atoms with Crippen LogP contribution in [0.5, 0.6) is 0 Å². The van der Waals surface area contributed by atoms with Crippen LogP contribution in [-0.4, -0.2) is 37.2 Å².